The van der Waals surface area contributed by atoms with E-state index < -0.39 is 0 Å². The van der Waals surface area contributed by atoms with E-state index in [9.17, 15) is 4.79 Å². The molecule has 2 aliphatic heterocycles. The summed E-state index contributed by atoms with van der Waals surface area (Å²) in [6.07, 6.45) is 9.85. The standard InChI is InChI=1S/C40H38Cl2N8O2/c1-52-40-35(38(43-22-44-40)49-18-16-48(17-19-49)28-10-6-3-7-11-28)47-39(51)34-32-31-29(20-27(42)21-30(31)46-34)36(25-12-14-26(41)15-13-25)50-23-45-33(37(32)50)24-8-4-2-5-9-24/h2,4-5,8-9,12-15,20-23,28,36,46H,3,6-7,10-11,16-19H2,1H3,(H,47,51). The number of anilines is 2. The number of ether oxygens (including phenoxy) is 1. The van der Waals surface area contributed by atoms with Crippen LogP contribution in [-0.2, 0) is 0 Å². The van der Waals surface area contributed by atoms with E-state index in [4.69, 9.17) is 37.9 Å². The number of nitrogens with one attached hydrogen (secondary N) is 2. The van der Waals surface area contributed by atoms with E-state index in [0.29, 0.717) is 39.2 Å². The van der Waals surface area contributed by atoms with Crippen molar-refractivity contribution in [1.29, 1.82) is 0 Å². The van der Waals surface area contributed by atoms with Crippen LogP contribution in [0.4, 0.5) is 11.5 Å². The monoisotopic (exact) mass is 732 g/mol. The highest BCUT2D eigenvalue weighted by atomic mass is 35.5. The number of piperazine rings is 1. The van der Waals surface area contributed by atoms with Gasteiger partial charge >= 0.3 is 0 Å². The molecule has 6 aromatic rings. The van der Waals surface area contributed by atoms with Crippen molar-refractivity contribution in [3.8, 4) is 28.4 Å². The van der Waals surface area contributed by atoms with Gasteiger partial charge in [-0.2, -0.15) is 4.98 Å². The van der Waals surface area contributed by atoms with Crippen molar-refractivity contribution >= 4 is 51.5 Å². The number of halogens is 2. The zero-order valence-electron chi connectivity index (χ0n) is 28.8. The Morgan fingerprint density at radius 2 is 1.67 bits per heavy atom. The first-order chi connectivity index (χ1) is 25.5. The molecule has 9 rings (SSSR count). The van der Waals surface area contributed by atoms with E-state index >= 15 is 0 Å². The Labute approximate surface area is 311 Å². The summed E-state index contributed by atoms with van der Waals surface area (Å²) in [5.74, 6) is 0.606. The van der Waals surface area contributed by atoms with E-state index in [1.807, 2.05) is 73.1 Å². The number of amides is 1. The van der Waals surface area contributed by atoms with Gasteiger partial charge in [0.15, 0.2) is 5.82 Å². The van der Waals surface area contributed by atoms with Gasteiger partial charge in [-0.3, -0.25) is 9.69 Å². The molecule has 10 nitrogen and oxygen atoms in total. The molecule has 2 fully saturated rings. The number of H-pyrrole nitrogens is 1. The number of carbonyl (C=O) groups is 1. The maximum Gasteiger partial charge on any atom is 0.273 e. The molecular weight excluding hydrogens is 695 g/mol. The number of aromatic amines is 1. The summed E-state index contributed by atoms with van der Waals surface area (Å²) in [5, 5.41) is 5.31. The van der Waals surface area contributed by atoms with Gasteiger partial charge in [-0.25, -0.2) is 9.97 Å². The third-order valence-corrected chi connectivity index (χ3v) is 11.4. The summed E-state index contributed by atoms with van der Waals surface area (Å²) in [5.41, 5.74) is 6.84. The van der Waals surface area contributed by atoms with Crippen LogP contribution in [0.1, 0.15) is 59.8 Å². The number of methoxy groups -OCH3 is 1. The van der Waals surface area contributed by atoms with Crippen LogP contribution in [-0.4, -0.2) is 74.6 Å². The Kier molecular flexibility index (Phi) is 8.61. The lowest BCUT2D eigenvalue weighted by molar-refractivity contribution is 0.102. The summed E-state index contributed by atoms with van der Waals surface area (Å²) < 4.78 is 7.86. The molecule has 0 spiro atoms. The van der Waals surface area contributed by atoms with Gasteiger partial charge in [0.2, 0.25) is 5.88 Å². The number of fused-ring (bicyclic) bond motifs is 2. The van der Waals surface area contributed by atoms with Gasteiger partial charge in [0, 0.05) is 64.3 Å². The number of aromatic nitrogens is 5. The first-order valence-corrected chi connectivity index (χ1v) is 18.7. The molecule has 3 aromatic carbocycles. The zero-order valence-corrected chi connectivity index (χ0v) is 30.3. The molecule has 12 heteroatoms. The third kappa shape index (κ3) is 5.70. The van der Waals surface area contributed by atoms with Crippen LogP contribution in [0.25, 0.3) is 33.4 Å². The number of hydrogen-bond acceptors (Lipinski definition) is 7. The average Bonchev–Trinajstić information content (AvgIpc) is 3.79. The van der Waals surface area contributed by atoms with Gasteiger partial charge in [0.05, 0.1) is 30.9 Å². The number of benzene rings is 3. The largest absolute Gasteiger partial charge is 0.479 e. The molecule has 0 bridgehead atoms. The van der Waals surface area contributed by atoms with Crippen LogP contribution in [0.3, 0.4) is 0 Å². The summed E-state index contributed by atoms with van der Waals surface area (Å²) in [7, 11) is 1.56. The maximum atomic E-state index is 14.8. The van der Waals surface area contributed by atoms with Crippen LogP contribution in [0.2, 0.25) is 10.0 Å². The molecule has 1 unspecified atom stereocenters. The second kappa shape index (κ2) is 13.6. The van der Waals surface area contributed by atoms with Crippen molar-refractivity contribution in [3.63, 3.8) is 0 Å². The van der Waals surface area contributed by atoms with Gasteiger partial charge in [-0.15, -0.1) is 0 Å². The second-order valence-electron chi connectivity index (χ2n) is 13.8. The molecule has 1 saturated heterocycles. The van der Waals surface area contributed by atoms with Gasteiger partial charge in [0.1, 0.15) is 17.7 Å². The van der Waals surface area contributed by atoms with Crippen LogP contribution < -0.4 is 15.0 Å². The van der Waals surface area contributed by atoms with E-state index in [-0.39, 0.29) is 11.9 Å². The Bertz CT molecular complexity index is 2270. The Hall–Kier alpha value is -4.90. The highest BCUT2D eigenvalue weighted by Gasteiger charge is 2.37. The van der Waals surface area contributed by atoms with Crippen molar-refractivity contribution in [2.45, 2.75) is 44.2 Å². The second-order valence-corrected chi connectivity index (χ2v) is 14.7. The third-order valence-electron chi connectivity index (χ3n) is 10.9. The van der Waals surface area contributed by atoms with E-state index in [2.05, 4.69) is 29.7 Å². The summed E-state index contributed by atoms with van der Waals surface area (Å²) >= 11 is 13.1. The van der Waals surface area contributed by atoms with E-state index in [0.717, 1.165) is 70.7 Å². The van der Waals surface area contributed by atoms with Crippen molar-refractivity contribution in [2.24, 2.45) is 0 Å². The molecule has 264 valence electrons. The van der Waals surface area contributed by atoms with Crippen molar-refractivity contribution in [2.75, 3.05) is 43.5 Å². The first-order valence-electron chi connectivity index (χ1n) is 17.9. The maximum absolute atomic E-state index is 14.8. The van der Waals surface area contributed by atoms with Gasteiger partial charge in [-0.05, 0) is 48.2 Å². The minimum absolute atomic E-state index is 0.265. The lowest BCUT2D eigenvalue weighted by Crippen LogP contribution is -2.51. The van der Waals surface area contributed by atoms with Crippen LogP contribution in [0.15, 0.2) is 79.4 Å². The van der Waals surface area contributed by atoms with Gasteiger partial charge in [-0.1, -0.05) is 84.9 Å². The Morgan fingerprint density at radius 1 is 0.904 bits per heavy atom. The fraction of sp³-hybridized carbons (Fsp3) is 0.300. The van der Waals surface area contributed by atoms with E-state index in [1.165, 1.54) is 38.4 Å². The lowest BCUT2D eigenvalue weighted by atomic mass is 9.88. The molecule has 2 N–H and O–H groups in total. The quantitative estimate of drug-likeness (QED) is 0.169. The van der Waals surface area contributed by atoms with Crippen LogP contribution in [0.5, 0.6) is 5.88 Å². The fourth-order valence-electron chi connectivity index (χ4n) is 8.48. The molecule has 52 heavy (non-hydrogen) atoms. The average molecular weight is 734 g/mol. The molecule has 1 aliphatic carbocycles. The minimum atomic E-state index is -0.347. The lowest BCUT2D eigenvalue weighted by Gasteiger charge is -2.41. The predicted molar refractivity (Wildman–Crippen MR) is 206 cm³/mol. The van der Waals surface area contributed by atoms with E-state index in [1.54, 1.807) is 7.11 Å². The molecule has 1 atom stereocenters. The fourth-order valence-corrected chi connectivity index (χ4v) is 8.84. The number of hydrogen-bond donors (Lipinski definition) is 2. The van der Waals surface area contributed by atoms with Crippen LogP contribution >= 0.6 is 23.2 Å². The topological polar surface area (TPSA) is 104 Å². The Morgan fingerprint density at radius 3 is 2.42 bits per heavy atom. The van der Waals surface area contributed by atoms with Gasteiger partial charge < -0.3 is 24.5 Å². The van der Waals surface area contributed by atoms with Crippen molar-refractivity contribution < 1.29 is 9.53 Å². The van der Waals surface area contributed by atoms with Gasteiger partial charge in [0.25, 0.3) is 5.91 Å². The molecular formula is C40H38Cl2N8O2. The summed E-state index contributed by atoms with van der Waals surface area (Å²) in [6.45, 7) is 3.48. The predicted octanol–water partition coefficient (Wildman–Crippen LogP) is 8.46. The molecule has 3 aliphatic rings. The highest BCUT2D eigenvalue weighted by Crippen LogP contribution is 2.50. The number of imidazole rings is 1. The summed E-state index contributed by atoms with van der Waals surface area (Å²) in [4.78, 5) is 37.1. The summed E-state index contributed by atoms with van der Waals surface area (Å²) in [6, 6.07) is 22.1. The minimum Gasteiger partial charge on any atom is -0.479 e. The Balaban J connectivity index is 1.14. The normalized spacial score (nSPS) is 17.7. The highest BCUT2D eigenvalue weighted by molar-refractivity contribution is 6.32. The van der Waals surface area contributed by atoms with Crippen molar-refractivity contribution in [3.05, 3.63) is 106 Å². The molecule has 1 amide bonds. The number of rotatable bonds is 7. The zero-order chi connectivity index (χ0) is 35.3. The van der Waals surface area contributed by atoms with Crippen molar-refractivity contribution in [1.82, 2.24) is 29.4 Å². The van der Waals surface area contributed by atoms with Crippen LogP contribution in [0, 0.1) is 0 Å². The molecule has 0 radical (unpaired) electrons. The number of nitrogens with zero attached hydrogens (tertiary/aromatic N) is 6. The molecule has 5 heterocycles. The molecule has 3 aromatic heterocycles. The smallest absolute Gasteiger partial charge is 0.273 e. The first kappa shape index (κ1) is 33.0. The SMILES string of the molecule is COc1ncnc(N2CCN(C3CCCCC3)CC2)c1NC(=O)c1[nH]c2cc(Cl)cc3c2c1-c1c(-c2ccccc2)ncn1C3c1ccc(Cl)cc1. The number of carbonyl (C=O) groups excluding carboxylic acids is 1. The molecule has 1 saturated carbocycles.